The summed E-state index contributed by atoms with van der Waals surface area (Å²) in [7, 11) is 0. The summed E-state index contributed by atoms with van der Waals surface area (Å²) in [4.78, 5) is 2.47. The van der Waals surface area contributed by atoms with Crippen molar-refractivity contribution in [2.45, 2.75) is 24.7 Å². The molecule has 3 aliphatic rings. The fourth-order valence-corrected chi connectivity index (χ4v) is 14.6. The van der Waals surface area contributed by atoms with Gasteiger partial charge < -0.3 is 4.90 Å². The second kappa shape index (κ2) is 18.0. The van der Waals surface area contributed by atoms with Gasteiger partial charge in [-0.05, 0) is 175 Å². The molecule has 16 rings (SSSR count). The van der Waals surface area contributed by atoms with Crippen LogP contribution in [0, 0.1) is 0 Å². The van der Waals surface area contributed by atoms with E-state index >= 15 is 0 Å². The van der Waals surface area contributed by atoms with Crippen LogP contribution in [0.2, 0.25) is 0 Å². The van der Waals surface area contributed by atoms with Crippen LogP contribution < -0.4 is 4.90 Å². The third-order valence-corrected chi connectivity index (χ3v) is 18.3. The van der Waals surface area contributed by atoms with Gasteiger partial charge in [0, 0.05) is 22.2 Å². The Balaban J connectivity index is 0.851. The maximum absolute atomic E-state index is 4.20. The van der Waals surface area contributed by atoms with Crippen molar-refractivity contribution in [1.29, 1.82) is 0 Å². The molecule has 0 aromatic heterocycles. The lowest BCUT2D eigenvalue weighted by atomic mass is 9.70. The molecular weight excluding hydrogens is 975 g/mol. The van der Waals surface area contributed by atoms with Crippen molar-refractivity contribution in [3.63, 3.8) is 0 Å². The van der Waals surface area contributed by atoms with E-state index in [1.807, 2.05) is 6.08 Å². The second-order valence-electron chi connectivity index (χ2n) is 22.7. The Kier molecular flexibility index (Phi) is 10.4. The first kappa shape index (κ1) is 47.0. The van der Waals surface area contributed by atoms with Gasteiger partial charge in [-0.2, -0.15) is 0 Å². The van der Waals surface area contributed by atoms with Crippen LogP contribution in [-0.2, 0) is 10.8 Å². The Morgan fingerprint density at radius 3 is 1.33 bits per heavy atom. The molecule has 0 fully saturated rings. The van der Waals surface area contributed by atoms with E-state index in [0.29, 0.717) is 0 Å². The van der Waals surface area contributed by atoms with Crippen molar-refractivity contribution in [3.05, 3.63) is 325 Å². The topological polar surface area (TPSA) is 3.24 Å². The van der Waals surface area contributed by atoms with Crippen molar-refractivity contribution in [2.75, 3.05) is 4.90 Å². The quantitative estimate of drug-likeness (QED) is 0.147. The fourth-order valence-electron chi connectivity index (χ4n) is 14.6. The molecule has 1 nitrogen and oxygen atoms in total. The average Bonchev–Trinajstić information content (AvgIpc) is 2.12. The summed E-state index contributed by atoms with van der Waals surface area (Å²) in [5, 5.41) is 4.85. The molecule has 13 aromatic carbocycles. The van der Waals surface area contributed by atoms with Gasteiger partial charge in [0.25, 0.3) is 0 Å². The summed E-state index contributed by atoms with van der Waals surface area (Å²) >= 11 is 0. The lowest BCUT2D eigenvalue weighted by molar-refractivity contribution is 0.660. The van der Waals surface area contributed by atoms with Crippen LogP contribution in [0.1, 0.15) is 52.8 Å². The maximum atomic E-state index is 4.20. The van der Waals surface area contributed by atoms with Gasteiger partial charge in [0.1, 0.15) is 0 Å². The smallest absolute Gasteiger partial charge is 0.0725 e. The van der Waals surface area contributed by atoms with E-state index in [1.165, 1.54) is 133 Å². The van der Waals surface area contributed by atoms with Crippen molar-refractivity contribution in [3.8, 4) is 77.9 Å². The first-order chi connectivity index (χ1) is 39.9. The predicted molar refractivity (Wildman–Crippen MR) is 342 cm³/mol. The van der Waals surface area contributed by atoms with Gasteiger partial charge in [0.15, 0.2) is 0 Å². The summed E-state index contributed by atoms with van der Waals surface area (Å²) in [5.74, 6) is 0. The van der Waals surface area contributed by atoms with Crippen LogP contribution in [0.4, 0.5) is 17.1 Å². The third kappa shape index (κ3) is 6.85. The van der Waals surface area contributed by atoms with E-state index in [1.54, 1.807) is 0 Å². The molecule has 1 spiro atoms. The van der Waals surface area contributed by atoms with Crippen LogP contribution in [-0.4, -0.2) is 0 Å². The molecule has 0 saturated carbocycles. The van der Waals surface area contributed by atoms with Crippen molar-refractivity contribution in [1.82, 2.24) is 0 Å². The van der Waals surface area contributed by atoms with Gasteiger partial charge >= 0.3 is 0 Å². The number of hydrogen-bond donors (Lipinski definition) is 0. The lowest BCUT2D eigenvalue weighted by Gasteiger charge is -2.31. The highest BCUT2D eigenvalue weighted by Gasteiger charge is 2.52. The first-order valence-electron chi connectivity index (χ1n) is 28.3. The second-order valence-corrected chi connectivity index (χ2v) is 22.7. The average molecular weight is 1030 g/mol. The van der Waals surface area contributed by atoms with Gasteiger partial charge in [-0.1, -0.05) is 263 Å². The number of fused-ring (bicyclic) bond motifs is 15. The molecule has 13 aromatic rings. The Labute approximate surface area is 474 Å². The Bertz CT molecular complexity index is 4730. The first-order valence-corrected chi connectivity index (χ1v) is 28.3. The van der Waals surface area contributed by atoms with E-state index in [-0.39, 0.29) is 5.41 Å². The molecule has 380 valence electrons. The summed E-state index contributed by atoms with van der Waals surface area (Å²) in [5.41, 5.74) is 29.3. The molecule has 0 saturated heterocycles. The van der Waals surface area contributed by atoms with E-state index in [2.05, 4.69) is 304 Å². The summed E-state index contributed by atoms with van der Waals surface area (Å²) in [6.45, 7) is 8.94. The minimum Gasteiger partial charge on any atom is -0.310 e. The van der Waals surface area contributed by atoms with Crippen LogP contribution in [0.5, 0.6) is 0 Å². The van der Waals surface area contributed by atoms with Gasteiger partial charge in [0.05, 0.1) is 11.1 Å². The minimum absolute atomic E-state index is 0.147. The monoisotopic (exact) mass is 1030 g/mol. The Morgan fingerprint density at radius 2 is 0.691 bits per heavy atom. The zero-order valence-corrected chi connectivity index (χ0v) is 45.3. The molecular formula is C80H55N. The standard InChI is InChI=1S/C80H55N/c1-4-51-20-8-9-23-58(51)54-36-41-69-66-28-15-18-32-73(66)80(76(69)48-54)74-33-19-16-29-67(74)70-42-37-55(49-77(70)80)59-44-45-63(61-25-11-10-24-60(59)61)64-46-47-78(71-30-13-12-26-62(64)71)81(56-38-34-53(35-39-56)52-21-6-5-7-22-52)57-40-43-68-65-27-14-17-31-72(65)79(2,3)75(68)50-57/h4-50H,1H2,2-3H3. The minimum atomic E-state index is -0.512. The lowest BCUT2D eigenvalue weighted by Crippen LogP contribution is -2.26. The van der Waals surface area contributed by atoms with Gasteiger partial charge in [-0.3, -0.25) is 0 Å². The third-order valence-electron chi connectivity index (χ3n) is 18.3. The molecule has 0 N–H and O–H groups in total. The number of nitrogens with zero attached hydrogens (tertiary/aromatic N) is 1. The molecule has 0 bridgehead atoms. The normalized spacial score (nSPS) is 14.7. The number of anilines is 3. The van der Waals surface area contributed by atoms with E-state index in [9.17, 15) is 0 Å². The van der Waals surface area contributed by atoms with Crippen molar-refractivity contribution >= 4 is 44.7 Å². The summed E-state index contributed by atoms with van der Waals surface area (Å²) in [6.07, 6.45) is 1.98. The molecule has 1 atom stereocenters. The SMILES string of the molecule is C=Cc1ccccc1-c1ccc2c(c1)C1(c3ccccc3-2)c2ccccc2-c2ccc(-c3ccc(-c4ccc(N(c5ccc(-c6ccccc6)cc5)c5ccc6c(c5)C(C)(C)c5ccccc5-6)c5ccccc45)c4ccccc34)cc21. The zero-order valence-electron chi connectivity index (χ0n) is 45.3. The highest BCUT2D eigenvalue weighted by Crippen LogP contribution is 2.64. The fraction of sp³-hybridized carbons (Fsp3) is 0.0500. The van der Waals surface area contributed by atoms with Crippen molar-refractivity contribution in [2.24, 2.45) is 0 Å². The van der Waals surface area contributed by atoms with Crippen LogP contribution in [0.25, 0.3) is 106 Å². The van der Waals surface area contributed by atoms with Gasteiger partial charge in [-0.15, -0.1) is 0 Å². The molecule has 1 unspecified atom stereocenters. The Hall–Kier alpha value is -10.1. The molecule has 0 amide bonds. The molecule has 1 heteroatoms. The van der Waals surface area contributed by atoms with Crippen LogP contribution >= 0.6 is 0 Å². The summed E-state index contributed by atoms with van der Waals surface area (Å²) < 4.78 is 0. The summed E-state index contributed by atoms with van der Waals surface area (Å²) in [6, 6.07) is 105. The van der Waals surface area contributed by atoms with Gasteiger partial charge in [-0.25, -0.2) is 0 Å². The largest absolute Gasteiger partial charge is 0.310 e. The highest BCUT2D eigenvalue weighted by atomic mass is 15.1. The number of benzene rings is 13. The number of hydrogen-bond acceptors (Lipinski definition) is 1. The van der Waals surface area contributed by atoms with Gasteiger partial charge in [0.2, 0.25) is 0 Å². The zero-order chi connectivity index (χ0) is 54.0. The van der Waals surface area contributed by atoms with E-state index < -0.39 is 5.41 Å². The van der Waals surface area contributed by atoms with E-state index in [0.717, 1.165) is 22.6 Å². The predicted octanol–water partition coefficient (Wildman–Crippen LogP) is 21.4. The number of rotatable bonds is 8. The molecule has 0 heterocycles. The van der Waals surface area contributed by atoms with Crippen LogP contribution in [0.3, 0.4) is 0 Å². The molecule has 0 radical (unpaired) electrons. The highest BCUT2D eigenvalue weighted by molar-refractivity contribution is 6.13. The van der Waals surface area contributed by atoms with E-state index in [4.69, 9.17) is 0 Å². The molecule has 0 aliphatic heterocycles. The Morgan fingerprint density at radius 1 is 0.284 bits per heavy atom. The molecule has 81 heavy (non-hydrogen) atoms. The van der Waals surface area contributed by atoms with Crippen LogP contribution in [0.15, 0.2) is 286 Å². The molecule has 3 aliphatic carbocycles. The van der Waals surface area contributed by atoms with Crippen molar-refractivity contribution < 1.29 is 0 Å². The maximum Gasteiger partial charge on any atom is 0.0725 e.